The Bertz CT molecular complexity index is 473. The maximum absolute atomic E-state index is 6.49. The molecule has 1 atom stereocenters. The number of ether oxygens (including phenoxy) is 1. The van der Waals surface area contributed by atoms with Crippen molar-refractivity contribution in [2.45, 2.75) is 52.5 Å². The van der Waals surface area contributed by atoms with Crippen LogP contribution in [0, 0.1) is 17.3 Å². The molecule has 0 amide bonds. The lowest BCUT2D eigenvalue weighted by Gasteiger charge is -2.39. The van der Waals surface area contributed by atoms with Crippen molar-refractivity contribution >= 4 is 11.6 Å². The van der Waals surface area contributed by atoms with Crippen LogP contribution in [-0.4, -0.2) is 7.11 Å². The van der Waals surface area contributed by atoms with E-state index in [1.54, 1.807) is 7.11 Å². The maximum atomic E-state index is 6.49. The highest BCUT2D eigenvalue weighted by Gasteiger charge is 2.32. The number of methoxy groups -OCH3 is 1. The first kappa shape index (κ1) is 16.6. The molecule has 0 bridgehead atoms. The fourth-order valence-corrected chi connectivity index (χ4v) is 3.80. The Balaban J connectivity index is 2.03. The number of benzene rings is 1. The third-order valence-corrected chi connectivity index (χ3v) is 5.40. The predicted molar refractivity (Wildman–Crippen MR) is 89.8 cm³/mol. The first-order valence-corrected chi connectivity index (χ1v) is 8.29. The highest BCUT2D eigenvalue weighted by atomic mass is 35.5. The Hall–Kier alpha value is -0.730. The summed E-state index contributed by atoms with van der Waals surface area (Å²) in [7, 11) is 1.65. The molecule has 1 aliphatic carbocycles. The van der Waals surface area contributed by atoms with Gasteiger partial charge in [-0.3, -0.25) is 0 Å². The lowest BCUT2D eigenvalue weighted by atomic mass is 9.68. The molecule has 0 spiro atoms. The summed E-state index contributed by atoms with van der Waals surface area (Å²) in [6, 6.07) is 5.85. The molecule has 2 nitrogen and oxygen atoms in total. The molecule has 118 valence electrons. The Kier molecular flexibility index (Phi) is 5.21. The monoisotopic (exact) mass is 309 g/mol. The molecule has 3 heteroatoms. The minimum atomic E-state index is 0.0318. The van der Waals surface area contributed by atoms with E-state index in [0.29, 0.717) is 11.3 Å². The smallest absolute Gasteiger partial charge is 0.120 e. The van der Waals surface area contributed by atoms with Gasteiger partial charge in [0.2, 0.25) is 0 Å². The summed E-state index contributed by atoms with van der Waals surface area (Å²) in [5.74, 6) is 2.13. The molecule has 1 fully saturated rings. The van der Waals surface area contributed by atoms with Gasteiger partial charge in [0, 0.05) is 11.1 Å². The van der Waals surface area contributed by atoms with Gasteiger partial charge in [-0.25, -0.2) is 0 Å². The highest BCUT2D eigenvalue weighted by Crippen LogP contribution is 2.43. The number of hydrogen-bond acceptors (Lipinski definition) is 2. The van der Waals surface area contributed by atoms with Crippen LogP contribution >= 0.6 is 11.6 Å². The largest absolute Gasteiger partial charge is 0.497 e. The fourth-order valence-electron chi connectivity index (χ4n) is 3.50. The standard InChI is InChI=1S/C18H28ClNO/c1-18(2,3)13-7-5-12(6-8-13)17(20)15-10-9-14(21-4)11-16(15)19/h9-13,17H,5-8,20H2,1-4H3. The van der Waals surface area contributed by atoms with Crippen LogP contribution in [0.15, 0.2) is 18.2 Å². The number of nitrogens with two attached hydrogens (primary N) is 1. The predicted octanol–water partition coefficient (Wildman–Crippen LogP) is 5.20. The minimum absolute atomic E-state index is 0.0318. The zero-order valence-electron chi connectivity index (χ0n) is 13.7. The van der Waals surface area contributed by atoms with Crippen LogP contribution in [0.1, 0.15) is 58.1 Å². The van der Waals surface area contributed by atoms with Gasteiger partial charge >= 0.3 is 0 Å². The zero-order chi connectivity index (χ0) is 15.6. The molecular formula is C18H28ClNO. The van der Waals surface area contributed by atoms with Crippen molar-refractivity contribution in [3.05, 3.63) is 28.8 Å². The summed E-state index contributed by atoms with van der Waals surface area (Å²) in [4.78, 5) is 0. The van der Waals surface area contributed by atoms with E-state index < -0.39 is 0 Å². The second-order valence-corrected chi connectivity index (χ2v) is 7.80. The topological polar surface area (TPSA) is 35.2 Å². The Morgan fingerprint density at radius 2 is 1.81 bits per heavy atom. The van der Waals surface area contributed by atoms with E-state index in [-0.39, 0.29) is 6.04 Å². The van der Waals surface area contributed by atoms with Gasteiger partial charge in [-0.1, -0.05) is 38.4 Å². The highest BCUT2D eigenvalue weighted by molar-refractivity contribution is 6.31. The molecule has 1 aromatic carbocycles. The molecule has 0 heterocycles. The van der Waals surface area contributed by atoms with Crippen LogP contribution in [0.5, 0.6) is 5.75 Å². The average molecular weight is 310 g/mol. The Labute approximate surface area is 134 Å². The van der Waals surface area contributed by atoms with E-state index in [4.69, 9.17) is 22.1 Å². The van der Waals surface area contributed by atoms with Crippen molar-refractivity contribution in [3.63, 3.8) is 0 Å². The van der Waals surface area contributed by atoms with Gasteiger partial charge in [-0.05, 0) is 60.6 Å². The van der Waals surface area contributed by atoms with E-state index in [9.17, 15) is 0 Å². The van der Waals surface area contributed by atoms with Gasteiger partial charge < -0.3 is 10.5 Å². The van der Waals surface area contributed by atoms with E-state index in [2.05, 4.69) is 20.8 Å². The first-order chi connectivity index (χ1) is 9.82. The molecule has 1 aliphatic rings. The molecule has 2 rings (SSSR count). The molecule has 21 heavy (non-hydrogen) atoms. The molecule has 0 aromatic heterocycles. The SMILES string of the molecule is COc1ccc(C(N)C2CCC(C(C)(C)C)CC2)c(Cl)c1. The molecule has 0 saturated heterocycles. The van der Waals surface area contributed by atoms with E-state index in [1.165, 1.54) is 25.7 Å². The van der Waals surface area contributed by atoms with Gasteiger partial charge in [0.1, 0.15) is 5.75 Å². The Morgan fingerprint density at radius 1 is 1.19 bits per heavy atom. The van der Waals surface area contributed by atoms with Gasteiger partial charge in [0.05, 0.1) is 7.11 Å². The Morgan fingerprint density at radius 3 is 2.29 bits per heavy atom. The van der Waals surface area contributed by atoms with Crippen molar-refractivity contribution in [2.24, 2.45) is 23.0 Å². The number of halogens is 1. The van der Waals surface area contributed by atoms with E-state index in [0.717, 1.165) is 22.3 Å². The summed E-state index contributed by atoms with van der Waals surface area (Å²) in [6.07, 6.45) is 4.95. The summed E-state index contributed by atoms with van der Waals surface area (Å²) < 4.78 is 5.20. The quantitative estimate of drug-likeness (QED) is 0.832. The average Bonchev–Trinajstić information content (AvgIpc) is 2.45. The zero-order valence-corrected chi connectivity index (χ0v) is 14.4. The maximum Gasteiger partial charge on any atom is 0.120 e. The van der Waals surface area contributed by atoms with Crippen LogP contribution in [0.25, 0.3) is 0 Å². The fraction of sp³-hybridized carbons (Fsp3) is 0.667. The van der Waals surface area contributed by atoms with E-state index >= 15 is 0 Å². The molecule has 1 saturated carbocycles. The second kappa shape index (κ2) is 6.58. The van der Waals surface area contributed by atoms with Crippen LogP contribution in [0.2, 0.25) is 5.02 Å². The van der Waals surface area contributed by atoms with Crippen LogP contribution in [0.3, 0.4) is 0 Å². The normalized spacial score (nSPS) is 24.7. The van der Waals surface area contributed by atoms with Crippen LogP contribution in [-0.2, 0) is 0 Å². The summed E-state index contributed by atoms with van der Waals surface area (Å²) in [5, 5.41) is 0.722. The van der Waals surface area contributed by atoms with Crippen molar-refractivity contribution in [2.75, 3.05) is 7.11 Å². The summed E-state index contributed by atoms with van der Waals surface area (Å²) in [6.45, 7) is 7.04. The van der Waals surface area contributed by atoms with Crippen molar-refractivity contribution in [3.8, 4) is 5.75 Å². The van der Waals surface area contributed by atoms with Gasteiger partial charge in [0.25, 0.3) is 0 Å². The summed E-state index contributed by atoms with van der Waals surface area (Å²) in [5.41, 5.74) is 7.95. The third kappa shape index (κ3) is 3.92. The van der Waals surface area contributed by atoms with Crippen molar-refractivity contribution in [1.82, 2.24) is 0 Å². The molecule has 0 radical (unpaired) electrons. The van der Waals surface area contributed by atoms with E-state index in [1.807, 2.05) is 18.2 Å². The molecular weight excluding hydrogens is 282 g/mol. The van der Waals surface area contributed by atoms with Crippen molar-refractivity contribution < 1.29 is 4.74 Å². The molecule has 2 N–H and O–H groups in total. The molecule has 1 aromatic rings. The van der Waals surface area contributed by atoms with Gasteiger partial charge in [0.15, 0.2) is 0 Å². The summed E-state index contributed by atoms with van der Waals surface area (Å²) >= 11 is 6.36. The van der Waals surface area contributed by atoms with Crippen LogP contribution < -0.4 is 10.5 Å². The first-order valence-electron chi connectivity index (χ1n) is 7.92. The molecule has 0 aliphatic heterocycles. The van der Waals surface area contributed by atoms with Crippen LogP contribution in [0.4, 0.5) is 0 Å². The lowest BCUT2D eigenvalue weighted by molar-refractivity contribution is 0.139. The van der Waals surface area contributed by atoms with Crippen molar-refractivity contribution in [1.29, 1.82) is 0 Å². The third-order valence-electron chi connectivity index (χ3n) is 5.07. The lowest BCUT2D eigenvalue weighted by Crippen LogP contribution is -2.30. The number of rotatable bonds is 3. The molecule has 1 unspecified atom stereocenters. The number of hydrogen-bond donors (Lipinski definition) is 1. The van der Waals surface area contributed by atoms with Gasteiger partial charge in [-0.2, -0.15) is 0 Å². The second-order valence-electron chi connectivity index (χ2n) is 7.39. The van der Waals surface area contributed by atoms with Gasteiger partial charge in [-0.15, -0.1) is 0 Å². The minimum Gasteiger partial charge on any atom is -0.497 e.